The Morgan fingerprint density at radius 1 is 1.26 bits per heavy atom. The highest BCUT2D eigenvalue weighted by molar-refractivity contribution is 5.89. The lowest BCUT2D eigenvalue weighted by molar-refractivity contribution is -0.128. The number of hydrogen-bond donors (Lipinski definition) is 0. The summed E-state index contributed by atoms with van der Waals surface area (Å²) in [6.07, 6.45) is 8.76. The van der Waals surface area contributed by atoms with E-state index < -0.39 is 5.41 Å². The van der Waals surface area contributed by atoms with Crippen LogP contribution in [0.2, 0.25) is 0 Å². The van der Waals surface area contributed by atoms with E-state index >= 15 is 0 Å². The second-order valence-corrected chi connectivity index (χ2v) is 9.39. The van der Waals surface area contributed by atoms with Crippen molar-refractivity contribution in [1.82, 2.24) is 0 Å². The predicted octanol–water partition coefficient (Wildman–Crippen LogP) is 6.05. The molecule has 3 atom stereocenters. The Labute approximate surface area is 164 Å². The topological polar surface area (TPSA) is 34.1 Å². The van der Waals surface area contributed by atoms with Crippen LogP contribution in [-0.2, 0) is 15.0 Å². The molecule has 1 fully saturated rings. The van der Waals surface area contributed by atoms with E-state index in [1.54, 1.807) is 0 Å². The molecule has 27 heavy (non-hydrogen) atoms. The minimum Gasteiger partial charge on any atom is -0.299 e. The van der Waals surface area contributed by atoms with Gasteiger partial charge in [0, 0.05) is 24.2 Å². The smallest absolute Gasteiger partial charge is 0.142 e. The van der Waals surface area contributed by atoms with E-state index in [4.69, 9.17) is 0 Å². The number of carbonyl (C=O) groups is 2. The molecule has 0 radical (unpaired) electrons. The first kappa shape index (κ1) is 20.0. The van der Waals surface area contributed by atoms with Crippen LogP contribution >= 0.6 is 0 Å². The fraction of sp³-hybridized carbons (Fsp3) is 0.600. The van der Waals surface area contributed by atoms with E-state index in [0.717, 1.165) is 44.1 Å². The summed E-state index contributed by atoms with van der Waals surface area (Å²) in [5.41, 5.74) is 2.22. The molecule has 2 aliphatic rings. The average Bonchev–Trinajstić information content (AvgIpc) is 3.00. The van der Waals surface area contributed by atoms with Crippen LogP contribution in [0.1, 0.15) is 78.2 Å². The SMILES string of the molecule is C[C@H](CCCC(=O)C(C)(C)c1ccccc1)C1=CC[C@H]2C(=O)CCC[C@]12C. The Kier molecular flexibility index (Phi) is 5.74. The second-order valence-electron chi connectivity index (χ2n) is 9.39. The first-order valence-electron chi connectivity index (χ1n) is 10.6. The highest BCUT2D eigenvalue weighted by Gasteiger charge is 2.47. The molecule has 3 rings (SSSR count). The lowest BCUT2D eigenvalue weighted by Crippen LogP contribution is -2.36. The molecule has 0 saturated heterocycles. The molecule has 0 amide bonds. The average molecular weight is 367 g/mol. The Bertz CT molecular complexity index is 728. The molecule has 0 bridgehead atoms. The van der Waals surface area contributed by atoms with Crippen LogP contribution in [0.25, 0.3) is 0 Å². The molecule has 0 aromatic heterocycles. The Morgan fingerprint density at radius 2 is 1.96 bits per heavy atom. The van der Waals surface area contributed by atoms with Gasteiger partial charge in [0.25, 0.3) is 0 Å². The number of allylic oxidation sites excluding steroid dienone is 2. The normalized spacial score (nSPS) is 26.4. The zero-order chi connectivity index (χ0) is 19.7. The number of fused-ring (bicyclic) bond motifs is 1. The molecule has 0 heterocycles. The molecule has 1 aromatic carbocycles. The maximum atomic E-state index is 12.8. The van der Waals surface area contributed by atoms with Crippen molar-refractivity contribution in [1.29, 1.82) is 0 Å². The molecular formula is C25H34O2. The largest absolute Gasteiger partial charge is 0.299 e. The van der Waals surface area contributed by atoms with Gasteiger partial charge < -0.3 is 0 Å². The van der Waals surface area contributed by atoms with Crippen LogP contribution in [0.5, 0.6) is 0 Å². The molecular weight excluding hydrogens is 332 g/mol. The van der Waals surface area contributed by atoms with E-state index in [1.165, 1.54) is 5.57 Å². The van der Waals surface area contributed by atoms with Crippen LogP contribution in [0, 0.1) is 17.3 Å². The van der Waals surface area contributed by atoms with Crippen molar-refractivity contribution in [3.63, 3.8) is 0 Å². The molecule has 2 heteroatoms. The van der Waals surface area contributed by atoms with E-state index in [0.29, 0.717) is 23.9 Å². The summed E-state index contributed by atoms with van der Waals surface area (Å²) in [6, 6.07) is 10.1. The standard InChI is InChI=1S/C25H34O2/c1-18(20-15-16-21-22(26)13-9-17-25(20,21)4)10-8-14-23(27)24(2,3)19-11-6-5-7-12-19/h5-7,11-12,15,18,21H,8-10,13-14,16-17H2,1-4H3/t18-,21+,25-/m1/s1. The monoisotopic (exact) mass is 366 g/mol. The zero-order valence-corrected chi connectivity index (χ0v) is 17.4. The molecule has 1 aromatic rings. The third-order valence-electron chi connectivity index (χ3n) is 7.27. The van der Waals surface area contributed by atoms with Crippen LogP contribution in [0.15, 0.2) is 42.0 Å². The van der Waals surface area contributed by atoms with Crippen molar-refractivity contribution in [3.05, 3.63) is 47.5 Å². The van der Waals surface area contributed by atoms with Gasteiger partial charge in [0.2, 0.25) is 0 Å². The number of carbonyl (C=O) groups excluding carboxylic acids is 2. The van der Waals surface area contributed by atoms with Crippen molar-refractivity contribution in [3.8, 4) is 0 Å². The Hall–Kier alpha value is -1.70. The van der Waals surface area contributed by atoms with Gasteiger partial charge in [-0.05, 0) is 62.8 Å². The lowest BCUT2D eigenvalue weighted by Gasteiger charge is -2.40. The maximum absolute atomic E-state index is 12.8. The number of rotatable bonds is 7. The number of Topliss-reactive ketones (excluding diaryl/α,β-unsaturated/α-hetero) is 2. The van der Waals surface area contributed by atoms with Crippen LogP contribution in [-0.4, -0.2) is 11.6 Å². The lowest BCUT2D eigenvalue weighted by atomic mass is 9.63. The van der Waals surface area contributed by atoms with Gasteiger partial charge in [0.05, 0.1) is 0 Å². The quantitative estimate of drug-likeness (QED) is 0.551. The summed E-state index contributed by atoms with van der Waals surface area (Å²) in [4.78, 5) is 25.2. The van der Waals surface area contributed by atoms with Gasteiger partial charge in [-0.3, -0.25) is 9.59 Å². The van der Waals surface area contributed by atoms with Crippen LogP contribution < -0.4 is 0 Å². The zero-order valence-electron chi connectivity index (χ0n) is 17.4. The summed E-state index contributed by atoms with van der Waals surface area (Å²) in [6.45, 7) is 8.65. The number of hydrogen-bond acceptors (Lipinski definition) is 2. The molecule has 0 spiro atoms. The van der Waals surface area contributed by atoms with Crippen molar-refractivity contribution in [2.75, 3.05) is 0 Å². The van der Waals surface area contributed by atoms with Crippen molar-refractivity contribution < 1.29 is 9.59 Å². The van der Waals surface area contributed by atoms with Crippen molar-refractivity contribution in [2.24, 2.45) is 17.3 Å². The Balaban J connectivity index is 1.56. The highest BCUT2D eigenvalue weighted by Crippen LogP contribution is 2.53. The molecule has 1 saturated carbocycles. The first-order chi connectivity index (χ1) is 12.8. The van der Waals surface area contributed by atoms with Gasteiger partial charge in [-0.25, -0.2) is 0 Å². The van der Waals surface area contributed by atoms with Gasteiger partial charge in [-0.2, -0.15) is 0 Å². The predicted molar refractivity (Wildman–Crippen MR) is 111 cm³/mol. The van der Waals surface area contributed by atoms with Gasteiger partial charge >= 0.3 is 0 Å². The van der Waals surface area contributed by atoms with Crippen molar-refractivity contribution >= 4 is 11.6 Å². The van der Waals surface area contributed by atoms with E-state index in [2.05, 4.69) is 19.9 Å². The molecule has 2 nitrogen and oxygen atoms in total. The van der Waals surface area contributed by atoms with Crippen LogP contribution in [0.4, 0.5) is 0 Å². The van der Waals surface area contributed by atoms with Crippen LogP contribution in [0.3, 0.4) is 0 Å². The van der Waals surface area contributed by atoms with Crippen molar-refractivity contribution in [2.45, 2.75) is 78.1 Å². The number of benzene rings is 1. The summed E-state index contributed by atoms with van der Waals surface area (Å²) in [5, 5.41) is 0. The van der Waals surface area contributed by atoms with Gasteiger partial charge in [0.1, 0.15) is 11.6 Å². The molecule has 0 unspecified atom stereocenters. The van der Waals surface area contributed by atoms with Gasteiger partial charge in [0.15, 0.2) is 0 Å². The first-order valence-corrected chi connectivity index (χ1v) is 10.6. The van der Waals surface area contributed by atoms with E-state index in [-0.39, 0.29) is 11.3 Å². The minimum absolute atomic E-state index is 0.0715. The highest BCUT2D eigenvalue weighted by atomic mass is 16.1. The molecule has 0 N–H and O–H groups in total. The summed E-state index contributed by atoms with van der Waals surface area (Å²) in [5.74, 6) is 1.45. The van der Waals surface area contributed by atoms with E-state index in [9.17, 15) is 9.59 Å². The minimum atomic E-state index is -0.427. The summed E-state index contributed by atoms with van der Waals surface area (Å²) < 4.78 is 0. The van der Waals surface area contributed by atoms with E-state index in [1.807, 2.05) is 44.2 Å². The Morgan fingerprint density at radius 3 is 2.67 bits per heavy atom. The number of ketones is 2. The second kappa shape index (κ2) is 7.73. The third kappa shape index (κ3) is 3.81. The maximum Gasteiger partial charge on any atom is 0.142 e. The molecule has 2 aliphatic carbocycles. The van der Waals surface area contributed by atoms with Gasteiger partial charge in [-0.1, -0.05) is 55.8 Å². The van der Waals surface area contributed by atoms with Gasteiger partial charge in [-0.15, -0.1) is 0 Å². The summed E-state index contributed by atoms with van der Waals surface area (Å²) >= 11 is 0. The fourth-order valence-electron chi connectivity index (χ4n) is 5.37. The summed E-state index contributed by atoms with van der Waals surface area (Å²) in [7, 11) is 0. The molecule has 0 aliphatic heterocycles. The third-order valence-corrected chi connectivity index (χ3v) is 7.27. The molecule has 146 valence electrons. The fourth-order valence-corrected chi connectivity index (χ4v) is 5.37.